The van der Waals surface area contributed by atoms with E-state index < -0.39 is 0 Å². The first-order chi connectivity index (χ1) is 11.2. The molecular weight excluding hydrogens is 286 g/mol. The monoisotopic (exact) mass is 313 g/mol. The predicted molar refractivity (Wildman–Crippen MR) is 93.9 cm³/mol. The number of piperidine rings is 1. The molecule has 0 aliphatic carbocycles. The Hall–Kier alpha value is -1.81. The van der Waals surface area contributed by atoms with E-state index in [1.807, 2.05) is 6.07 Å². The van der Waals surface area contributed by atoms with Crippen LogP contribution in [0.15, 0.2) is 36.5 Å². The Morgan fingerprint density at radius 2 is 1.83 bits per heavy atom. The van der Waals surface area contributed by atoms with Crippen molar-refractivity contribution in [3.8, 4) is 0 Å². The summed E-state index contributed by atoms with van der Waals surface area (Å²) in [6.45, 7) is 5.60. The quantitative estimate of drug-likeness (QED) is 0.855. The first-order valence-electron chi connectivity index (χ1n) is 8.67. The zero-order valence-electron chi connectivity index (χ0n) is 14.0. The second kappa shape index (κ2) is 7.64. The highest BCUT2D eigenvalue weighted by Crippen LogP contribution is 2.18. The van der Waals surface area contributed by atoms with Crippen LogP contribution in [-0.2, 0) is 4.79 Å². The molecule has 2 heterocycles. The summed E-state index contributed by atoms with van der Waals surface area (Å²) in [5.74, 6) is 0.573. The molecule has 0 N–H and O–H groups in total. The summed E-state index contributed by atoms with van der Waals surface area (Å²) in [7, 11) is 2.12. The number of benzene rings is 1. The van der Waals surface area contributed by atoms with Gasteiger partial charge in [0.15, 0.2) is 0 Å². The molecule has 2 fully saturated rings. The van der Waals surface area contributed by atoms with Crippen LogP contribution in [0.25, 0.3) is 6.08 Å². The van der Waals surface area contributed by atoms with Crippen LogP contribution in [0, 0.1) is 5.92 Å². The van der Waals surface area contributed by atoms with Crippen LogP contribution in [0.3, 0.4) is 0 Å². The Morgan fingerprint density at radius 1 is 1.09 bits per heavy atom. The third-order valence-corrected chi connectivity index (χ3v) is 4.88. The van der Waals surface area contributed by atoms with Gasteiger partial charge in [-0.05, 0) is 44.3 Å². The minimum Gasteiger partial charge on any atom is -0.374 e. The largest absolute Gasteiger partial charge is 0.374 e. The number of carbonyl (C=O) groups is 1. The maximum Gasteiger partial charge on any atom is 0.227 e. The lowest BCUT2D eigenvalue weighted by Crippen LogP contribution is -2.51. The van der Waals surface area contributed by atoms with E-state index in [0.29, 0.717) is 5.91 Å². The molecule has 4 heteroatoms. The van der Waals surface area contributed by atoms with Gasteiger partial charge in [0, 0.05) is 32.7 Å². The van der Waals surface area contributed by atoms with Crippen LogP contribution in [0.4, 0.5) is 0 Å². The van der Waals surface area contributed by atoms with Crippen molar-refractivity contribution < 1.29 is 4.79 Å². The summed E-state index contributed by atoms with van der Waals surface area (Å²) >= 11 is 0. The van der Waals surface area contributed by atoms with Gasteiger partial charge >= 0.3 is 0 Å². The third-order valence-electron chi connectivity index (χ3n) is 4.88. The fourth-order valence-electron chi connectivity index (χ4n) is 3.47. The minimum absolute atomic E-state index is 0.208. The summed E-state index contributed by atoms with van der Waals surface area (Å²) in [6.07, 6.45) is 6.50. The van der Waals surface area contributed by atoms with Crippen LogP contribution < -0.4 is 0 Å². The van der Waals surface area contributed by atoms with Gasteiger partial charge in [0.25, 0.3) is 0 Å². The van der Waals surface area contributed by atoms with Gasteiger partial charge in [-0.1, -0.05) is 30.3 Å². The van der Waals surface area contributed by atoms with Crippen LogP contribution in [0.2, 0.25) is 0 Å². The normalized spacial score (nSPS) is 23.4. The molecule has 0 bridgehead atoms. The first-order valence-corrected chi connectivity index (χ1v) is 8.67. The van der Waals surface area contributed by atoms with Gasteiger partial charge in [-0.15, -0.1) is 0 Å². The van der Waals surface area contributed by atoms with E-state index in [0.717, 1.165) is 52.1 Å². The van der Waals surface area contributed by atoms with E-state index in [2.05, 4.69) is 58.3 Å². The summed E-state index contributed by atoms with van der Waals surface area (Å²) in [4.78, 5) is 19.3. The van der Waals surface area contributed by atoms with Gasteiger partial charge in [-0.2, -0.15) is 0 Å². The molecule has 2 aliphatic heterocycles. The van der Waals surface area contributed by atoms with Gasteiger partial charge in [0.1, 0.15) is 0 Å². The van der Waals surface area contributed by atoms with Crippen molar-refractivity contribution in [2.45, 2.75) is 12.8 Å². The number of hydrogen-bond donors (Lipinski definition) is 0. The molecule has 23 heavy (non-hydrogen) atoms. The van der Waals surface area contributed by atoms with Crippen LogP contribution in [-0.4, -0.2) is 66.9 Å². The summed E-state index contributed by atoms with van der Waals surface area (Å²) in [6, 6.07) is 10.4. The highest BCUT2D eigenvalue weighted by Gasteiger charge is 2.29. The molecule has 1 atom stereocenters. The number of hydrogen-bond acceptors (Lipinski definition) is 3. The Balaban J connectivity index is 1.48. The lowest BCUT2D eigenvalue weighted by molar-refractivity contribution is -0.138. The Labute approximate surface area is 139 Å². The van der Waals surface area contributed by atoms with E-state index in [9.17, 15) is 4.79 Å². The predicted octanol–water partition coefficient (Wildman–Crippen LogP) is 2.14. The maximum absolute atomic E-state index is 12.6. The molecular formula is C19H27N3O. The Kier molecular flexibility index (Phi) is 5.34. The highest BCUT2D eigenvalue weighted by atomic mass is 16.2. The van der Waals surface area contributed by atoms with Crippen LogP contribution in [0.5, 0.6) is 0 Å². The highest BCUT2D eigenvalue weighted by molar-refractivity contribution is 5.79. The summed E-state index contributed by atoms with van der Waals surface area (Å²) in [5, 5.41) is 0. The number of piperazine rings is 1. The molecule has 0 spiro atoms. The average Bonchev–Trinajstić information content (AvgIpc) is 2.61. The van der Waals surface area contributed by atoms with Crippen molar-refractivity contribution in [1.29, 1.82) is 0 Å². The lowest BCUT2D eigenvalue weighted by Gasteiger charge is -2.38. The van der Waals surface area contributed by atoms with Crippen molar-refractivity contribution in [1.82, 2.24) is 14.7 Å². The summed E-state index contributed by atoms with van der Waals surface area (Å²) in [5.41, 5.74) is 1.22. The van der Waals surface area contributed by atoms with E-state index in [4.69, 9.17) is 0 Å². The molecule has 0 saturated carbocycles. The first kappa shape index (κ1) is 16.1. The van der Waals surface area contributed by atoms with Crippen LogP contribution >= 0.6 is 0 Å². The molecule has 1 aromatic rings. The summed E-state index contributed by atoms with van der Waals surface area (Å²) < 4.78 is 0. The van der Waals surface area contributed by atoms with E-state index in [1.165, 1.54) is 5.56 Å². The fourth-order valence-corrected chi connectivity index (χ4v) is 3.47. The number of carbonyl (C=O) groups excluding carboxylic acids is 1. The number of nitrogens with zero attached hydrogens (tertiary/aromatic N) is 3. The second-order valence-corrected chi connectivity index (χ2v) is 6.69. The Bertz CT molecular complexity index is 535. The van der Waals surface area contributed by atoms with E-state index in [-0.39, 0.29) is 5.92 Å². The molecule has 2 aliphatic rings. The molecule has 2 saturated heterocycles. The van der Waals surface area contributed by atoms with Crippen molar-refractivity contribution in [3.05, 3.63) is 42.1 Å². The topological polar surface area (TPSA) is 26.8 Å². The maximum atomic E-state index is 12.6. The van der Waals surface area contributed by atoms with Gasteiger partial charge in [-0.3, -0.25) is 4.79 Å². The number of likely N-dealkylation sites (tertiary alicyclic amines) is 1. The van der Waals surface area contributed by atoms with Crippen molar-refractivity contribution in [2.24, 2.45) is 5.92 Å². The zero-order valence-corrected chi connectivity index (χ0v) is 14.0. The van der Waals surface area contributed by atoms with Gasteiger partial charge in [0.05, 0.1) is 5.92 Å². The zero-order chi connectivity index (χ0) is 16.1. The number of rotatable bonds is 3. The van der Waals surface area contributed by atoms with Gasteiger partial charge in [0.2, 0.25) is 5.91 Å². The molecule has 1 aromatic carbocycles. The van der Waals surface area contributed by atoms with E-state index >= 15 is 0 Å². The van der Waals surface area contributed by atoms with Crippen molar-refractivity contribution in [3.63, 3.8) is 0 Å². The fraction of sp³-hybridized carbons (Fsp3) is 0.526. The van der Waals surface area contributed by atoms with Gasteiger partial charge in [-0.25, -0.2) is 0 Å². The third kappa shape index (κ3) is 4.35. The van der Waals surface area contributed by atoms with Crippen LogP contribution in [0.1, 0.15) is 18.4 Å². The second-order valence-electron chi connectivity index (χ2n) is 6.69. The smallest absolute Gasteiger partial charge is 0.227 e. The molecule has 1 amide bonds. The van der Waals surface area contributed by atoms with Crippen molar-refractivity contribution in [2.75, 3.05) is 46.3 Å². The standard InChI is InChI=1S/C19H27N3O/c1-20-10-5-8-18(16-20)19(23)22-14-12-21(13-15-22)11-9-17-6-3-2-4-7-17/h2-4,6-7,9,11,18H,5,8,10,12-16H2,1H3/b11-9+/t18-/m0/s1. The molecule has 0 radical (unpaired) electrons. The SMILES string of the molecule is CN1CCC[C@H](C(=O)N2CCN(/C=C/c3ccccc3)CC2)C1. The number of amides is 1. The van der Waals surface area contributed by atoms with Crippen molar-refractivity contribution >= 4 is 12.0 Å². The lowest BCUT2D eigenvalue weighted by atomic mass is 9.96. The minimum atomic E-state index is 0.208. The molecule has 4 nitrogen and oxygen atoms in total. The molecule has 0 unspecified atom stereocenters. The average molecular weight is 313 g/mol. The van der Waals surface area contributed by atoms with Gasteiger partial charge < -0.3 is 14.7 Å². The Morgan fingerprint density at radius 3 is 2.52 bits per heavy atom. The van der Waals surface area contributed by atoms with E-state index in [1.54, 1.807) is 0 Å². The molecule has 124 valence electrons. The molecule has 3 rings (SSSR count). The molecule has 0 aromatic heterocycles.